The maximum absolute atomic E-state index is 11.6. The molecule has 0 saturated carbocycles. The molecule has 1 heterocycles. The van der Waals surface area contributed by atoms with Crippen LogP contribution < -0.4 is 14.2 Å². The van der Waals surface area contributed by atoms with Crippen LogP contribution in [0.3, 0.4) is 0 Å². The average Bonchev–Trinajstić information content (AvgIpc) is 3.27. The third-order valence-electron chi connectivity index (χ3n) is 5.64. The summed E-state index contributed by atoms with van der Waals surface area (Å²) in [6.45, 7) is 1.61. The molecule has 3 aromatic carbocycles. The molecule has 0 fully saturated rings. The van der Waals surface area contributed by atoms with E-state index >= 15 is 0 Å². The van der Waals surface area contributed by atoms with Crippen molar-refractivity contribution in [2.24, 2.45) is 0 Å². The van der Waals surface area contributed by atoms with E-state index in [1.165, 1.54) is 18.9 Å². The topological polar surface area (TPSA) is 102 Å². The molecule has 0 saturated heterocycles. The lowest BCUT2D eigenvalue weighted by Crippen LogP contribution is -2.12. The number of methoxy groups -OCH3 is 2. The van der Waals surface area contributed by atoms with E-state index in [4.69, 9.17) is 37.4 Å². The Labute approximate surface area is 233 Å². The minimum Gasteiger partial charge on any atom is -0.497 e. The van der Waals surface area contributed by atoms with Crippen LogP contribution in [0.25, 0.3) is 5.69 Å². The SMILES string of the molecule is COc1ccc(-n2c(C)nnc2S[C@@H](C[N+](=O)[O-])c2cc(Cl)c(OCc3ccccc3Cl)c(OC)c2)cc1. The molecule has 1 aromatic heterocycles. The molecule has 0 bridgehead atoms. The fourth-order valence-corrected chi connectivity index (χ4v) is 5.37. The van der Waals surface area contributed by atoms with E-state index < -0.39 is 5.25 Å². The van der Waals surface area contributed by atoms with E-state index in [0.29, 0.717) is 38.8 Å². The van der Waals surface area contributed by atoms with Crippen molar-refractivity contribution in [1.82, 2.24) is 14.8 Å². The third-order valence-corrected chi connectivity index (χ3v) is 7.47. The second kappa shape index (κ2) is 12.4. The molecule has 0 aliphatic heterocycles. The van der Waals surface area contributed by atoms with Gasteiger partial charge in [-0.15, -0.1) is 10.2 Å². The zero-order chi connectivity index (χ0) is 27.2. The highest BCUT2D eigenvalue weighted by atomic mass is 35.5. The molecular formula is C26H24Cl2N4O5S. The number of hydrogen-bond donors (Lipinski definition) is 0. The maximum Gasteiger partial charge on any atom is 0.220 e. The van der Waals surface area contributed by atoms with Gasteiger partial charge in [-0.05, 0) is 55.0 Å². The lowest BCUT2D eigenvalue weighted by Gasteiger charge is -2.18. The zero-order valence-electron chi connectivity index (χ0n) is 20.8. The standard InChI is InChI=1S/C26H24Cl2N4O5S/c1-16-29-30-26(32(16)19-8-10-20(35-2)11-9-19)38-24(14-31(33)34)18-12-22(28)25(23(13-18)36-3)37-15-17-6-4-5-7-21(17)27/h4-13,24H,14-15H2,1-3H3/t24-/m0/s1. The van der Waals surface area contributed by atoms with E-state index in [1.807, 2.05) is 54.0 Å². The summed E-state index contributed by atoms with van der Waals surface area (Å²) in [5, 5.41) is 20.8. The van der Waals surface area contributed by atoms with Gasteiger partial charge in [0.2, 0.25) is 6.54 Å². The first-order chi connectivity index (χ1) is 18.3. The van der Waals surface area contributed by atoms with Crippen molar-refractivity contribution < 1.29 is 19.1 Å². The van der Waals surface area contributed by atoms with Crippen LogP contribution in [-0.2, 0) is 6.61 Å². The summed E-state index contributed by atoms with van der Waals surface area (Å²) in [7, 11) is 3.08. The van der Waals surface area contributed by atoms with Crippen LogP contribution in [0.1, 0.15) is 22.2 Å². The Hall–Kier alpha value is -3.47. The van der Waals surface area contributed by atoms with E-state index in [-0.39, 0.29) is 23.1 Å². The molecule has 4 aromatic rings. The molecule has 198 valence electrons. The molecule has 12 heteroatoms. The fourth-order valence-electron chi connectivity index (χ4n) is 3.75. The Balaban J connectivity index is 1.65. The first-order valence-electron chi connectivity index (χ1n) is 11.4. The molecule has 0 N–H and O–H groups in total. The van der Waals surface area contributed by atoms with Gasteiger partial charge in [0.1, 0.15) is 23.4 Å². The van der Waals surface area contributed by atoms with Gasteiger partial charge in [-0.3, -0.25) is 14.7 Å². The van der Waals surface area contributed by atoms with Crippen LogP contribution in [0, 0.1) is 17.0 Å². The van der Waals surface area contributed by atoms with Gasteiger partial charge in [-0.25, -0.2) is 0 Å². The van der Waals surface area contributed by atoms with Crippen molar-refractivity contribution >= 4 is 35.0 Å². The minimum atomic E-state index is -0.644. The van der Waals surface area contributed by atoms with Crippen LogP contribution in [-0.4, -0.2) is 40.5 Å². The number of rotatable bonds is 11. The van der Waals surface area contributed by atoms with Crippen LogP contribution >= 0.6 is 35.0 Å². The predicted molar refractivity (Wildman–Crippen MR) is 147 cm³/mol. The number of nitro groups is 1. The lowest BCUT2D eigenvalue weighted by atomic mass is 10.1. The van der Waals surface area contributed by atoms with Crippen LogP contribution in [0.2, 0.25) is 10.0 Å². The Kier molecular flexibility index (Phi) is 8.98. The molecule has 0 amide bonds. The Morgan fingerprint density at radius 1 is 1.03 bits per heavy atom. The molecule has 0 aliphatic rings. The lowest BCUT2D eigenvalue weighted by molar-refractivity contribution is -0.479. The summed E-state index contributed by atoms with van der Waals surface area (Å²) < 4.78 is 18.6. The van der Waals surface area contributed by atoms with E-state index in [2.05, 4.69) is 10.2 Å². The summed E-state index contributed by atoms with van der Waals surface area (Å²) in [5.74, 6) is 2.01. The monoisotopic (exact) mass is 574 g/mol. The number of benzene rings is 3. The number of nitrogens with zero attached hydrogens (tertiary/aromatic N) is 4. The van der Waals surface area contributed by atoms with Crippen molar-refractivity contribution in [2.75, 3.05) is 20.8 Å². The van der Waals surface area contributed by atoms with Crippen molar-refractivity contribution in [3.05, 3.63) is 97.8 Å². The Morgan fingerprint density at radius 3 is 2.42 bits per heavy atom. The predicted octanol–water partition coefficient (Wildman–Crippen LogP) is 6.59. The van der Waals surface area contributed by atoms with Gasteiger partial charge in [-0.2, -0.15) is 0 Å². The summed E-state index contributed by atoms with van der Waals surface area (Å²) >= 11 is 14.1. The second-order valence-electron chi connectivity index (χ2n) is 8.10. The van der Waals surface area contributed by atoms with Gasteiger partial charge in [-0.1, -0.05) is 53.2 Å². The number of aromatic nitrogens is 3. The molecular weight excluding hydrogens is 551 g/mol. The quantitative estimate of drug-likeness (QED) is 0.112. The number of thioether (sulfide) groups is 1. The van der Waals surface area contributed by atoms with Crippen LogP contribution in [0.15, 0.2) is 65.8 Å². The van der Waals surface area contributed by atoms with Gasteiger partial charge < -0.3 is 14.2 Å². The minimum absolute atomic E-state index is 0.173. The second-order valence-corrected chi connectivity index (χ2v) is 10.1. The third kappa shape index (κ3) is 6.32. The van der Waals surface area contributed by atoms with Crippen LogP contribution in [0.4, 0.5) is 0 Å². The Morgan fingerprint density at radius 2 is 1.76 bits per heavy atom. The Bertz CT molecular complexity index is 1430. The zero-order valence-corrected chi connectivity index (χ0v) is 23.1. The van der Waals surface area contributed by atoms with E-state index in [0.717, 1.165) is 11.3 Å². The first kappa shape index (κ1) is 27.6. The number of halogens is 2. The van der Waals surface area contributed by atoms with Gasteiger partial charge in [0.05, 0.1) is 19.2 Å². The summed E-state index contributed by atoms with van der Waals surface area (Å²) in [6, 6.07) is 18.0. The van der Waals surface area contributed by atoms with E-state index in [9.17, 15) is 10.1 Å². The summed E-state index contributed by atoms with van der Waals surface area (Å²) in [6.07, 6.45) is 0. The molecule has 0 radical (unpaired) electrons. The molecule has 38 heavy (non-hydrogen) atoms. The molecule has 0 unspecified atom stereocenters. The molecule has 1 atom stereocenters. The number of aryl methyl sites for hydroxylation is 1. The summed E-state index contributed by atoms with van der Waals surface area (Å²) in [4.78, 5) is 11.3. The van der Waals surface area contributed by atoms with E-state index in [1.54, 1.807) is 25.3 Å². The number of hydrogen-bond acceptors (Lipinski definition) is 8. The highest BCUT2D eigenvalue weighted by molar-refractivity contribution is 7.99. The van der Waals surface area contributed by atoms with Gasteiger partial charge >= 0.3 is 0 Å². The molecule has 4 rings (SSSR count). The van der Waals surface area contributed by atoms with Crippen molar-refractivity contribution in [3.63, 3.8) is 0 Å². The van der Waals surface area contributed by atoms with Crippen molar-refractivity contribution in [2.45, 2.75) is 23.9 Å². The highest BCUT2D eigenvalue weighted by Gasteiger charge is 2.26. The van der Waals surface area contributed by atoms with Crippen molar-refractivity contribution in [1.29, 1.82) is 0 Å². The van der Waals surface area contributed by atoms with Gasteiger partial charge in [0, 0.05) is 21.2 Å². The maximum atomic E-state index is 11.6. The smallest absolute Gasteiger partial charge is 0.220 e. The highest BCUT2D eigenvalue weighted by Crippen LogP contribution is 2.43. The molecule has 9 nitrogen and oxygen atoms in total. The van der Waals surface area contributed by atoms with Gasteiger partial charge in [0.15, 0.2) is 16.7 Å². The van der Waals surface area contributed by atoms with Crippen LogP contribution in [0.5, 0.6) is 17.2 Å². The summed E-state index contributed by atoms with van der Waals surface area (Å²) in [5.41, 5.74) is 2.17. The molecule has 0 aliphatic carbocycles. The number of ether oxygens (including phenoxy) is 3. The molecule has 0 spiro atoms. The normalized spacial score (nSPS) is 11.7. The largest absolute Gasteiger partial charge is 0.497 e. The first-order valence-corrected chi connectivity index (χ1v) is 13.0. The fraction of sp³-hybridized carbons (Fsp3) is 0.231. The van der Waals surface area contributed by atoms with Crippen molar-refractivity contribution in [3.8, 4) is 22.9 Å². The average molecular weight is 575 g/mol. The van der Waals surface area contributed by atoms with Gasteiger partial charge in [0.25, 0.3) is 0 Å².